The summed E-state index contributed by atoms with van der Waals surface area (Å²) in [5, 5.41) is 0. The molecule has 1 saturated heterocycles. The Balaban J connectivity index is 1.93. The third kappa shape index (κ3) is 2.81. The maximum Gasteiger partial charge on any atom is 0.305 e. The molecule has 0 unspecified atom stereocenters. The first-order chi connectivity index (χ1) is 11.2. The van der Waals surface area contributed by atoms with Crippen molar-refractivity contribution in [1.82, 2.24) is 0 Å². The van der Waals surface area contributed by atoms with Crippen molar-refractivity contribution in [2.75, 3.05) is 18.6 Å². The molecule has 0 N–H and O–H groups in total. The molecule has 4 heteroatoms. The monoisotopic (exact) mass is 311 g/mol. The van der Waals surface area contributed by atoms with Crippen LogP contribution in [0.15, 0.2) is 54.6 Å². The van der Waals surface area contributed by atoms with Crippen LogP contribution < -0.4 is 4.90 Å². The maximum atomic E-state index is 13.3. The number of hydrogen-bond donors (Lipinski definition) is 0. The van der Waals surface area contributed by atoms with Crippen molar-refractivity contribution >= 4 is 17.6 Å². The standard InChI is InChI=1S/C19H21NO3/c1-23-17(21)14-15-10-13-20(16-8-4-2-5-9-16)18(22)19(15)11-6-3-7-12-19/h2-9,11,15H,10,12-14H2,1H3/t15-,19-/m0/s1. The molecule has 1 aliphatic carbocycles. The molecule has 1 fully saturated rings. The van der Waals surface area contributed by atoms with E-state index in [0.717, 1.165) is 12.1 Å². The molecule has 1 aromatic carbocycles. The highest BCUT2D eigenvalue weighted by atomic mass is 16.5. The molecule has 0 bridgehead atoms. The lowest BCUT2D eigenvalue weighted by molar-refractivity contribution is -0.144. The normalized spacial score (nSPS) is 26.6. The van der Waals surface area contributed by atoms with Gasteiger partial charge >= 0.3 is 5.97 Å². The average Bonchev–Trinajstić information content (AvgIpc) is 2.61. The molecule has 1 aromatic rings. The zero-order valence-corrected chi connectivity index (χ0v) is 13.3. The van der Waals surface area contributed by atoms with Gasteiger partial charge in [-0.3, -0.25) is 9.59 Å². The number of piperidine rings is 1. The molecule has 1 amide bonds. The Bertz CT molecular complexity index is 650. The lowest BCUT2D eigenvalue weighted by atomic mass is 9.65. The summed E-state index contributed by atoms with van der Waals surface area (Å²) in [5.74, 6) is -0.202. The van der Waals surface area contributed by atoms with Crippen molar-refractivity contribution in [2.45, 2.75) is 19.3 Å². The number of esters is 1. The summed E-state index contributed by atoms with van der Waals surface area (Å²) in [6, 6.07) is 9.72. The number of allylic oxidation sites excluding steroid dienone is 3. The van der Waals surface area contributed by atoms with Crippen LogP contribution in [0.5, 0.6) is 0 Å². The Morgan fingerprint density at radius 3 is 2.74 bits per heavy atom. The molecule has 2 aliphatic rings. The summed E-state index contributed by atoms with van der Waals surface area (Å²) in [5.41, 5.74) is 0.271. The van der Waals surface area contributed by atoms with Gasteiger partial charge in [-0.05, 0) is 30.9 Å². The average molecular weight is 311 g/mol. The van der Waals surface area contributed by atoms with Gasteiger partial charge in [-0.25, -0.2) is 0 Å². The van der Waals surface area contributed by atoms with Crippen LogP contribution in [-0.4, -0.2) is 25.5 Å². The highest BCUT2D eigenvalue weighted by Crippen LogP contribution is 2.45. The van der Waals surface area contributed by atoms with Crippen LogP contribution >= 0.6 is 0 Å². The molecule has 0 saturated carbocycles. The van der Waals surface area contributed by atoms with Crippen LogP contribution in [0, 0.1) is 11.3 Å². The Morgan fingerprint density at radius 1 is 1.30 bits per heavy atom. The summed E-state index contributed by atoms with van der Waals surface area (Å²) in [7, 11) is 1.40. The van der Waals surface area contributed by atoms with Gasteiger partial charge in [-0.15, -0.1) is 0 Å². The molecular formula is C19H21NO3. The van der Waals surface area contributed by atoms with E-state index < -0.39 is 5.41 Å². The summed E-state index contributed by atoms with van der Waals surface area (Å²) >= 11 is 0. The molecule has 1 spiro atoms. The van der Waals surface area contributed by atoms with Gasteiger partial charge in [0.15, 0.2) is 0 Å². The van der Waals surface area contributed by atoms with Gasteiger partial charge < -0.3 is 9.64 Å². The van der Waals surface area contributed by atoms with E-state index in [-0.39, 0.29) is 24.2 Å². The molecule has 23 heavy (non-hydrogen) atoms. The van der Waals surface area contributed by atoms with Gasteiger partial charge in [0.25, 0.3) is 0 Å². The van der Waals surface area contributed by atoms with E-state index in [4.69, 9.17) is 4.74 Å². The van der Waals surface area contributed by atoms with E-state index >= 15 is 0 Å². The van der Waals surface area contributed by atoms with E-state index in [2.05, 4.69) is 0 Å². The third-order valence-electron chi connectivity index (χ3n) is 4.88. The van der Waals surface area contributed by atoms with Crippen molar-refractivity contribution in [3.05, 3.63) is 54.6 Å². The molecule has 2 atom stereocenters. The van der Waals surface area contributed by atoms with Gasteiger partial charge in [-0.2, -0.15) is 0 Å². The Kier molecular flexibility index (Phi) is 4.33. The second-order valence-corrected chi connectivity index (χ2v) is 6.09. The number of ether oxygens (including phenoxy) is 1. The molecule has 4 nitrogen and oxygen atoms in total. The van der Waals surface area contributed by atoms with Crippen molar-refractivity contribution in [1.29, 1.82) is 0 Å². The Morgan fingerprint density at radius 2 is 2.09 bits per heavy atom. The number of para-hydroxylation sites is 1. The molecular weight excluding hydrogens is 290 g/mol. The van der Waals surface area contributed by atoms with Crippen LogP contribution in [0.2, 0.25) is 0 Å². The number of methoxy groups -OCH3 is 1. The van der Waals surface area contributed by atoms with Gasteiger partial charge in [0, 0.05) is 18.7 Å². The van der Waals surface area contributed by atoms with Gasteiger partial charge in [0.05, 0.1) is 12.5 Å². The van der Waals surface area contributed by atoms with E-state index in [0.29, 0.717) is 13.0 Å². The van der Waals surface area contributed by atoms with Gasteiger partial charge in [0.1, 0.15) is 0 Å². The minimum absolute atomic E-state index is 0.0244. The highest BCUT2D eigenvalue weighted by Gasteiger charge is 2.49. The van der Waals surface area contributed by atoms with Crippen LogP contribution in [0.1, 0.15) is 19.3 Å². The topological polar surface area (TPSA) is 46.6 Å². The van der Waals surface area contributed by atoms with Gasteiger partial charge in [0.2, 0.25) is 5.91 Å². The van der Waals surface area contributed by atoms with Crippen LogP contribution in [0.3, 0.4) is 0 Å². The summed E-state index contributed by atoms with van der Waals surface area (Å²) in [4.78, 5) is 26.9. The van der Waals surface area contributed by atoms with Crippen molar-refractivity contribution in [3.8, 4) is 0 Å². The number of benzene rings is 1. The summed E-state index contributed by atoms with van der Waals surface area (Å²) < 4.78 is 4.83. The highest BCUT2D eigenvalue weighted by molar-refractivity contribution is 6.00. The lowest BCUT2D eigenvalue weighted by Gasteiger charge is -2.45. The molecule has 120 valence electrons. The van der Waals surface area contributed by atoms with E-state index in [9.17, 15) is 9.59 Å². The van der Waals surface area contributed by atoms with Crippen molar-refractivity contribution in [2.24, 2.45) is 11.3 Å². The molecule has 0 radical (unpaired) electrons. The largest absolute Gasteiger partial charge is 0.469 e. The zero-order chi connectivity index (χ0) is 16.3. The van der Waals surface area contributed by atoms with Crippen molar-refractivity contribution in [3.63, 3.8) is 0 Å². The molecule has 0 aromatic heterocycles. The predicted octanol–water partition coefficient (Wildman–Crippen LogP) is 3.11. The predicted molar refractivity (Wildman–Crippen MR) is 88.9 cm³/mol. The molecule has 1 aliphatic heterocycles. The second-order valence-electron chi connectivity index (χ2n) is 6.09. The minimum Gasteiger partial charge on any atom is -0.469 e. The summed E-state index contributed by atoms with van der Waals surface area (Å²) in [6.07, 6.45) is 9.55. The molecule has 1 heterocycles. The number of carbonyl (C=O) groups is 2. The third-order valence-corrected chi connectivity index (χ3v) is 4.88. The van der Waals surface area contributed by atoms with Crippen LogP contribution in [0.25, 0.3) is 0 Å². The number of nitrogens with zero attached hydrogens (tertiary/aromatic N) is 1. The van der Waals surface area contributed by atoms with E-state index in [1.165, 1.54) is 7.11 Å². The first-order valence-corrected chi connectivity index (χ1v) is 7.95. The number of amides is 1. The first-order valence-electron chi connectivity index (χ1n) is 7.95. The number of rotatable bonds is 3. The quantitative estimate of drug-likeness (QED) is 0.806. The fourth-order valence-electron chi connectivity index (χ4n) is 3.59. The second kappa shape index (κ2) is 6.41. The SMILES string of the molecule is COC(=O)C[C@@H]1CCN(c2ccccc2)C(=O)[C@]12C=CC=CC2. The van der Waals surface area contributed by atoms with Crippen LogP contribution in [-0.2, 0) is 14.3 Å². The Labute approximate surface area is 136 Å². The Hall–Kier alpha value is -2.36. The first kappa shape index (κ1) is 15.5. The number of carbonyl (C=O) groups excluding carboxylic acids is 2. The number of hydrogen-bond acceptors (Lipinski definition) is 3. The van der Waals surface area contributed by atoms with E-state index in [1.54, 1.807) is 0 Å². The van der Waals surface area contributed by atoms with E-state index in [1.807, 2.05) is 59.5 Å². The maximum absolute atomic E-state index is 13.3. The van der Waals surface area contributed by atoms with Crippen LogP contribution in [0.4, 0.5) is 5.69 Å². The van der Waals surface area contributed by atoms with Gasteiger partial charge in [-0.1, -0.05) is 42.5 Å². The lowest BCUT2D eigenvalue weighted by Crippen LogP contribution is -2.53. The minimum atomic E-state index is -0.642. The fourth-order valence-corrected chi connectivity index (χ4v) is 3.59. The fraction of sp³-hybridized carbons (Fsp3) is 0.368. The van der Waals surface area contributed by atoms with Crippen molar-refractivity contribution < 1.29 is 14.3 Å². The summed E-state index contributed by atoms with van der Waals surface area (Å²) in [6.45, 7) is 0.629. The molecule has 3 rings (SSSR count). The smallest absolute Gasteiger partial charge is 0.305 e. The zero-order valence-electron chi connectivity index (χ0n) is 13.3. The number of anilines is 1.